The quantitative estimate of drug-likeness (QED) is 0.340. The number of carbonyl (C=O) groups is 1. The summed E-state index contributed by atoms with van der Waals surface area (Å²) in [5.74, 6) is 0.0867. The van der Waals surface area contributed by atoms with Crippen LogP contribution < -0.4 is 4.74 Å². The molecule has 0 spiro atoms. The van der Waals surface area contributed by atoms with Crippen LogP contribution in [-0.4, -0.2) is 19.2 Å². The molecule has 0 saturated carbocycles. The maximum Gasteiger partial charge on any atom is 0.348 e. The molecule has 1 aromatic carbocycles. The molecule has 0 atom stereocenters. The minimum absolute atomic E-state index is 0.0263. The normalized spacial score (nSPS) is 10.4. The van der Waals surface area contributed by atoms with Crippen LogP contribution in [0.15, 0.2) is 42.5 Å². The number of rotatable bonds is 6. The van der Waals surface area contributed by atoms with E-state index in [0.29, 0.717) is 12.4 Å². The monoisotopic (exact) mass is 257 g/mol. The molecule has 0 radical (unpaired) electrons. The number of hydrogen-bond acceptors (Lipinski definition) is 4. The van der Waals surface area contributed by atoms with E-state index < -0.39 is 5.97 Å². The molecule has 0 heterocycles. The predicted octanol–water partition coefficient (Wildman–Crippen LogP) is 2.72. The van der Waals surface area contributed by atoms with Gasteiger partial charge < -0.3 is 9.47 Å². The highest BCUT2D eigenvalue weighted by Gasteiger charge is 2.09. The molecule has 0 N–H and O–H groups in total. The lowest BCUT2D eigenvalue weighted by Gasteiger charge is -2.03. The minimum atomic E-state index is -0.614. The Morgan fingerprint density at radius 1 is 1.42 bits per heavy atom. The zero-order valence-electron chi connectivity index (χ0n) is 10.8. The molecule has 1 rings (SSSR count). The third-order valence-corrected chi connectivity index (χ3v) is 2.17. The lowest BCUT2D eigenvalue weighted by molar-refractivity contribution is -0.137. The zero-order valence-corrected chi connectivity index (χ0v) is 10.8. The van der Waals surface area contributed by atoms with Crippen LogP contribution in [0.25, 0.3) is 6.08 Å². The molecule has 98 valence electrons. The number of carbonyl (C=O) groups excluding carboxylic acids is 1. The van der Waals surface area contributed by atoms with E-state index in [1.807, 2.05) is 6.07 Å². The molecule has 0 unspecified atom stereocenters. The van der Waals surface area contributed by atoms with Gasteiger partial charge in [0.25, 0.3) is 0 Å². The van der Waals surface area contributed by atoms with Gasteiger partial charge in [-0.3, -0.25) is 0 Å². The van der Waals surface area contributed by atoms with Crippen molar-refractivity contribution >= 4 is 12.0 Å². The van der Waals surface area contributed by atoms with E-state index in [1.54, 1.807) is 37.3 Å². The Balaban J connectivity index is 2.82. The molecule has 1 aromatic rings. The van der Waals surface area contributed by atoms with Crippen molar-refractivity contribution in [1.29, 1.82) is 5.26 Å². The Hall–Kier alpha value is -2.54. The van der Waals surface area contributed by atoms with Gasteiger partial charge in [0.15, 0.2) is 0 Å². The first kappa shape index (κ1) is 14.5. The summed E-state index contributed by atoms with van der Waals surface area (Å²) in [4.78, 5) is 11.4. The van der Waals surface area contributed by atoms with Crippen LogP contribution in [0.1, 0.15) is 12.5 Å². The summed E-state index contributed by atoms with van der Waals surface area (Å²) >= 11 is 0. The third kappa shape index (κ3) is 4.68. The number of nitrogens with zero attached hydrogens (tertiary/aromatic N) is 1. The van der Waals surface area contributed by atoms with Gasteiger partial charge in [0, 0.05) is 0 Å². The average molecular weight is 257 g/mol. The lowest BCUT2D eigenvalue weighted by atomic mass is 10.1. The van der Waals surface area contributed by atoms with Crippen molar-refractivity contribution in [2.45, 2.75) is 6.92 Å². The van der Waals surface area contributed by atoms with Crippen LogP contribution >= 0.6 is 0 Å². The highest BCUT2D eigenvalue weighted by atomic mass is 16.5. The fourth-order valence-corrected chi connectivity index (χ4v) is 1.33. The van der Waals surface area contributed by atoms with Gasteiger partial charge >= 0.3 is 5.97 Å². The summed E-state index contributed by atoms with van der Waals surface area (Å²) in [5.41, 5.74) is 0.706. The van der Waals surface area contributed by atoms with E-state index in [1.165, 1.54) is 6.08 Å². The summed E-state index contributed by atoms with van der Waals surface area (Å²) in [7, 11) is 0. The molecular weight excluding hydrogens is 242 g/mol. The summed E-state index contributed by atoms with van der Waals surface area (Å²) in [6.07, 6.45) is 3.14. The van der Waals surface area contributed by atoms with Gasteiger partial charge in [-0.2, -0.15) is 5.26 Å². The lowest BCUT2D eigenvalue weighted by Crippen LogP contribution is -2.05. The van der Waals surface area contributed by atoms with Gasteiger partial charge in [0.05, 0.1) is 6.61 Å². The Labute approximate surface area is 112 Å². The molecule has 0 aromatic heterocycles. The molecule has 0 fully saturated rings. The Kier molecular flexibility index (Phi) is 5.90. The second-order valence-corrected chi connectivity index (χ2v) is 3.56. The summed E-state index contributed by atoms with van der Waals surface area (Å²) in [6.45, 7) is 5.93. The predicted molar refractivity (Wildman–Crippen MR) is 72.4 cm³/mol. The van der Waals surface area contributed by atoms with Gasteiger partial charge in [0.1, 0.15) is 24.0 Å². The second kappa shape index (κ2) is 7.72. The highest BCUT2D eigenvalue weighted by molar-refractivity contribution is 5.97. The molecule has 0 bridgehead atoms. The van der Waals surface area contributed by atoms with E-state index >= 15 is 0 Å². The molecule has 4 heteroatoms. The van der Waals surface area contributed by atoms with Crippen molar-refractivity contribution in [1.82, 2.24) is 0 Å². The largest absolute Gasteiger partial charge is 0.490 e. The van der Waals surface area contributed by atoms with Gasteiger partial charge in [-0.25, -0.2) is 4.79 Å². The topological polar surface area (TPSA) is 59.3 Å². The molecule has 0 aliphatic rings. The van der Waals surface area contributed by atoms with E-state index in [0.717, 1.165) is 5.56 Å². The SMILES string of the molecule is C=CCOc1ccc(/C=C(/C#N)C(=O)OCC)cc1. The molecule has 0 saturated heterocycles. The van der Waals surface area contributed by atoms with E-state index in [-0.39, 0.29) is 12.2 Å². The molecule has 0 aliphatic heterocycles. The Morgan fingerprint density at radius 2 is 2.11 bits per heavy atom. The van der Waals surface area contributed by atoms with Gasteiger partial charge in [-0.05, 0) is 30.7 Å². The van der Waals surface area contributed by atoms with Gasteiger partial charge in [0.2, 0.25) is 0 Å². The molecule has 0 amide bonds. The zero-order chi connectivity index (χ0) is 14.1. The Morgan fingerprint density at radius 3 is 2.63 bits per heavy atom. The number of nitriles is 1. The number of esters is 1. The van der Waals surface area contributed by atoms with Crippen LogP contribution in [-0.2, 0) is 9.53 Å². The fourth-order valence-electron chi connectivity index (χ4n) is 1.33. The number of hydrogen-bond donors (Lipinski definition) is 0. The summed E-state index contributed by atoms with van der Waals surface area (Å²) in [5, 5.41) is 8.90. The van der Waals surface area contributed by atoms with Gasteiger partial charge in [-0.15, -0.1) is 0 Å². The highest BCUT2D eigenvalue weighted by Crippen LogP contribution is 2.15. The first-order valence-electron chi connectivity index (χ1n) is 5.84. The first-order valence-corrected chi connectivity index (χ1v) is 5.84. The van der Waals surface area contributed by atoms with Crippen molar-refractivity contribution < 1.29 is 14.3 Å². The van der Waals surface area contributed by atoms with E-state index in [2.05, 4.69) is 6.58 Å². The maximum atomic E-state index is 11.4. The molecular formula is C15H15NO3. The first-order chi connectivity index (χ1) is 9.21. The molecule has 0 aliphatic carbocycles. The smallest absolute Gasteiger partial charge is 0.348 e. The standard InChI is InChI=1S/C15H15NO3/c1-3-9-19-14-7-5-12(6-8-14)10-13(11-16)15(17)18-4-2/h3,5-8,10H,1,4,9H2,2H3/b13-10-. The summed E-state index contributed by atoms with van der Waals surface area (Å²) < 4.78 is 10.1. The second-order valence-electron chi connectivity index (χ2n) is 3.56. The fraction of sp³-hybridized carbons (Fsp3) is 0.200. The maximum absolute atomic E-state index is 11.4. The van der Waals surface area contributed by atoms with Crippen molar-refractivity contribution in [3.05, 3.63) is 48.1 Å². The van der Waals surface area contributed by atoms with Crippen LogP contribution in [0.5, 0.6) is 5.75 Å². The number of benzene rings is 1. The van der Waals surface area contributed by atoms with Crippen molar-refractivity contribution in [2.24, 2.45) is 0 Å². The van der Waals surface area contributed by atoms with Crippen molar-refractivity contribution in [3.63, 3.8) is 0 Å². The van der Waals surface area contributed by atoms with Crippen molar-refractivity contribution in [3.8, 4) is 11.8 Å². The van der Waals surface area contributed by atoms with Crippen LogP contribution in [0.2, 0.25) is 0 Å². The molecule has 4 nitrogen and oxygen atoms in total. The van der Waals surface area contributed by atoms with E-state index in [4.69, 9.17) is 14.7 Å². The van der Waals surface area contributed by atoms with Gasteiger partial charge in [-0.1, -0.05) is 24.8 Å². The minimum Gasteiger partial charge on any atom is -0.490 e. The van der Waals surface area contributed by atoms with Crippen LogP contribution in [0.4, 0.5) is 0 Å². The van der Waals surface area contributed by atoms with Crippen LogP contribution in [0, 0.1) is 11.3 Å². The Bertz CT molecular complexity index is 509. The molecule has 19 heavy (non-hydrogen) atoms. The summed E-state index contributed by atoms with van der Waals surface area (Å²) in [6, 6.07) is 8.86. The van der Waals surface area contributed by atoms with E-state index in [9.17, 15) is 4.79 Å². The van der Waals surface area contributed by atoms with Crippen LogP contribution in [0.3, 0.4) is 0 Å². The number of ether oxygens (including phenoxy) is 2. The van der Waals surface area contributed by atoms with Crippen molar-refractivity contribution in [2.75, 3.05) is 13.2 Å². The average Bonchev–Trinajstić information content (AvgIpc) is 2.44. The third-order valence-electron chi connectivity index (χ3n) is 2.17.